The predicted molar refractivity (Wildman–Crippen MR) is 199 cm³/mol. The number of nitrogens with zero attached hydrogens (tertiary/aromatic N) is 4. The maximum absolute atomic E-state index is 14.6. The third kappa shape index (κ3) is 12.5. The zero-order valence-corrected chi connectivity index (χ0v) is 32.8. The van der Waals surface area contributed by atoms with E-state index in [1.54, 1.807) is 48.5 Å². The molecule has 1 aromatic heterocycles. The molecule has 0 atom stereocenters. The number of aryl methyl sites for hydroxylation is 2. The summed E-state index contributed by atoms with van der Waals surface area (Å²) in [5, 5.41) is 7.57. The fourth-order valence-electron chi connectivity index (χ4n) is 5.01. The molecule has 1 N–H and O–H groups in total. The van der Waals surface area contributed by atoms with Crippen molar-refractivity contribution in [2.24, 2.45) is 0 Å². The van der Waals surface area contributed by atoms with Gasteiger partial charge < -0.3 is 9.73 Å². The summed E-state index contributed by atoms with van der Waals surface area (Å²) in [6, 6.07) is 19.7. The number of carbonyl (C=O) groups excluding carboxylic acids is 2. The normalized spacial score (nSPS) is 12.0. The van der Waals surface area contributed by atoms with Crippen molar-refractivity contribution in [1.29, 1.82) is 0 Å². The van der Waals surface area contributed by atoms with Gasteiger partial charge in [0.05, 0.1) is 43.5 Å². The van der Waals surface area contributed by atoms with Gasteiger partial charge in [-0.1, -0.05) is 53.6 Å². The van der Waals surface area contributed by atoms with Gasteiger partial charge in [0, 0.05) is 22.3 Å². The fraction of sp³-hybridized carbons (Fsp3) is 0.243. The minimum Gasteiger partial charge on any atom is -0.413 e. The van der Waals surface area contributed by atoms with E-state index in [0.717, 1.165) is 50.4 Å². The van der Waals surface area contributed by atoms with Crippen LogP contribution in [0.4, 0.5) is 46.5 Å². The summed E-state index contributed by atoms with van der Waals surface area (Å²) in [6.45, 7) is 2.05. The van der Waals surface area contributed by atoms with Crippen LogP contribution in [0.25, 0.3) is 11.5 Å². The second-order valence-electron chi connectivity index (χ2n) is 12.8. The zero-order chi connectivity index (χ0) is 44.1. The zero-order valence-electron chi connectivity index (χ0n) is 31.2. The van der Waals surface area contributed by atoms with Crippen LogP contribution in [0.15, 0.2) is 89.3 Å². The number of amides is 1. The molecule has 0 radical (unpaired) electrons. The van der Waals surface area contributed by atoms with Crippen LogP contribution in [0.1, 0.15) is 38.5 Å². The number of halogens is 8. The van der Waals surface area contributed by atoms with Crippen LogP contribution in [0.2, 0.25) is 0 Å². The van der Waals surface area contributed by atoms with E-state index in [1.165, 1.54) is 23.5 Å². The highest BCUT2D eigenvalue weighted by Crippen LogP contribution is 2.31. The number of alkyl halides is 6. The Bertz CT molecular complexity index is 2530. The number of nitrogens with one attached hydrogen (secondary N) is 1. The summed E-state index contributed by atoms with van der Waals surface area (Å²) in [4.78, 5) is 22.7. The fourth-order valence-corrected chi connectivity index (χ4v) is 6.76. The van der Waals surface area contributed by atoms with Gasteiger partial charge in [0.1, 0.15) is 11.6 Å². The predicted octanol–water partition coefficient (Wildman–Crippen LogP) is 7.13. The quantitative estimate of drug-likeness (QED) is 0.102. The van der Waals surface area contributed by atoms with Gasteiger partial charge in [-0.05, 0) is 56.3 Å². The van der Waals surface area contributed by atoms with Gasteiger partial charge in [0.2, 0.25) is 25.9 Å². The lowest BCUT2D eigenvalue weighted by molar-refractivity contribution is -0.173. The summed E-state index contributed by atoms with van der Waals surface area (Å²) in [6.07, 6.45) is -7.99. The monoisotopic (exact) mass is 875 g/mol. The second-order valence-corrected chi connectivity index (χ2v) is 16.7. The average Bonchev–Trinajstić information content (AvgIpc) is 3.64. The molecule has 0 aliphatic rings. The van der Waals surface area contributed by atoms with Gasteiger partial charge in [-0.2, -0.15) is 26.3 Å². The molecule has 1 heterocycles. The summed E-state index contributed by atoms with van der Waals surface area (Å²) in [5.41, 5.74) is 2.16. The van der Waals surface area contributed by atoms with Crippen molar-refractivity contribution in [2.45, 2.75) is 39.3 Å². The molecule has 0 bridgehead atoms. The average molecular weight is 876 g/mol. The van der Waals surface area contributed by atoms with E-state index >= 15 is 0 Å². The van der Waals surface area contributed by atoms with Crippen LogP contribution in [0.3, 0.4) is 0 Å². The highest BCUT2D eigenvalue weighted by molar-refractivity contribution is 7.92. The van der Waals surface area contributed by atoms with Crippen LogP contribution in [0.5, 0.6) is 0 Å². The van der Waals surface area contributed by atoms with Crippen molar-refractivity contribution in [2.75, 3.05) is 27.7 Å². The van der Waals surface area contributed by atoms with Crippen molar-refractivity contribution >= 4 is 43.1 Å². The molecule has 5 aromatic rings. The Kier molecular flexibility index (Phi) is 13.9. The minimum absolute atomic E-state index is 0.0234. The molecule has 59 heavy (non-hydrogen) atoms. The largest absolute Gasteiger partial charge is 0.471 e. The Morgan fingerprint density at radius 1 is 0.678 bits per heavy atom. The topological polar surface area (TPSA) is 160 Å². The first kappa shape index (κ1) is 45.8. The number of Topliss-reactive ketones (excluding diaryl/α,β-unsaturated/α-hetero) is 1. The van der Waals surface area contributed by atoms with Gasteiger partial charge >= 0.3 is 24.2 Å². The Labute approximate surface area is 332 Å². The molecular formula is C37H33F8N5O7S2. The van der Waals surface area contributed by atoms with Crippen LogP contribution in [0, 0.1) is 25.5 Å². The number of rotatable bonds is 12. The second kappa shape index (κ2) is 17.9. The number of benzene rings is 4. The van der Waals surface area contributed by atoms with E-state index in [0.29, 0.717) is 11.4 Å². The molecule has 0 saturated carbocycles. The molecule has 5 rings (SSSR count). The van der Waals surface area contributed by atoms with Gasteiger partial charge in [-0.3, -0.25) is 18.2 Å². The number of anilines is 2. The number of sulfonamides is 2. The van der Waals surface area contributed by atoms with E-state index < -0.39 is 74.1 Å². The highest BCUT2D eigenvalue weighted by atomic mass is 32.2. The summed E-state index contributed by atoms with van der Waals surface area (Å²) >= 11 is 0. The summed E-state index contributed by atoms with van der Waals surface area (Å²) in [7, 11) is -7.48. The van der Waals surface area contributed by atoms with Crippen molar-refractivity contribution in [3.63, 3.8) is 0 Å². The first-order valence-corrected chi connectivity index (χ1v) is 20.4. The number of ketones is 1. The van der Waals surface area contributed by atoms with Gasteiger partial charge in [0.15, 0.2) is 5.78 Å². The van der Waals surface area contributed by atoms with Crippen molar-refractivity contribution in [3.8, 4) is 11.5 Å². The smallest absolute Gasteiger partial charge is 0.413 e. The van der Waals surface area contributed by atoms with E-state index in [1.807, 2.05) is 13.8 Å². The lowest BCUT2D eigenvalue weighted by Gasteiger charge is -2.23. The molecular weight excluding hydrogens is 843 g/mol. The number of aromatic nitrogens is 2. The molecule has 0 fully saturated rings. The Morgan fingerprint density at radius 2 is 1.14 bits per heavy atom. The standard InChI is InChI=1S/C19H18F4N2O4S.C18H15F4N3O3S/c1-12-3-7-15(8-4-12)25(30(2,28)29)11-14-6-5-13(9-16(14)20)17(26)10-24-18(27)19(21,22)23;1-11-3-7-14(8-4-11)25(29(2,26)27)10-13-6-5-12(9-15(13)19)16-23-24-17(28-16)18(20,21)22/h3-9H,10-11H2,1-2H3,(H,24,27);3-9H,10H2,1-2H3. The Balaban J connectivity index is 0.000000261. The summed E-state index contributed by atoms with van der Waals surface area (Å²) < 4.78 is 158. The Hall–Kier alpha value is -5.90. The lowest BCUT2D eigenvalue weighted by atomic mass is 10.1. The van der Waals surface area contributed by atoms with E-state index in [2.05, 4.69) is 14.6 Å². The SMILES string of the molecule is Cc1ccc(N(Cc2ccc(-c3nnc(C(F)(F)F)o3)cc2F)S(C)(=O)=O)cc1.Cc1ccc(N(Cc2ccc(C(=O)CNC(=O)C(F)(F)F)cc2F)S(C)(=O)=O)cc1. The third-order valence-electron chi connectivity index (χ3n) is 8.08. The lowest BCUT2D eigenvalue weighted by Crippen LogP contribution is -2.39. The van der Waals surface area contributed by atoms with Crippen molar-refractivity contribution < 1.29 is 66.0 Å². The van der Waals surface area contributed by atoms with Crippen LogP contribution < -0.4 is 13.9 Å². The van der Waals surface area contributed by atoms with E-state index in [-0.39, 0.29) is 35.3 Å². The molecule has 4 aromatic carbocycles. The molecule has 0 spiro atoms. The first-order valence-electron chi connectivity index (χ1n) is 16.7. The minimum atomic E-state index is -5.14. The van der Waals surface area contributed by atoms with E-state index in [4.69, 9.17) is 0 Å². The molecule has 1 amide bonds. The third-order valence-corrected chi connectivity index (χ3v) is 10.4. The maximum atomic E-state index is 14.6. The molecule has 0 aliphatic heterocycles. The molecule has 0 aliphatic carbocycles. The number of carbonyl (C=O) groups is 2. The maximum Gasteiger partial charge on any atom is 0.471 e. The first-order chi connectivity index (χ1) is 27.2. The number of hydrogen-bond acceptors (Lipinski definition) is 9. The molecule has 12 nitrogen and oxygen atoms in total. The van der Waals surface area contributed by atoms with Gasteiger partial charge in [-0.15, -0.1) is 10.2 Å². The number of hydrogen-bond donors (Lipinski definition) is 1. The van der Waals surface area contributed by atoms with Crippen molar-refractivity contribution in [3.05, 3.63) is 130 Å². The summed E-state index contributed by atoms with van der Waals surface area (Å²) in [5.74, 6) is -6.99. The highest BCUT2D eigenvalue weighted by Gasteiger charge is 2.39. The van der Waals surface area contributed by atoms with Crippen LogP contribution in [-0.2, 0) is 44.1 Å². The van der Waals surface area contributed by atoms with Crippen LogP contribution in [-0.4, -0.2) is 64.0 Å². The van der Waals surface area contributed by atoms with Crippen molar-refractivity contribution in [1.82, 2.24) is 15.5 Å². The van der Waals surface area contributed by atoms with Gasteiger partial charge in [0.25, 0.3) is 0 Å². The molecule has 316 valence electrons. The van der Waals surface area contributed by atoms with Crippen LogP contribution >= 0.6 is 0 Å². The molecule has 0 saturated heterocycles. The van der Waals surface area contributed by atoms with E-state index in [9.17, 15) is 61.5 Å². The molecule has 0 unspecified atom stereocenters. The van der Waals surface area contributed by atoms with Gasteiger partial charge in [-0.25, -0.2) is 25.6 Å². The molecule has 22 heteroatoms. The Morgan fingerprint density at radius 3 is 1.53 bits per heavy atom.